The molecular weight excluding hydrogens is 340 g/mol. The Morgan fingerprint density at radius 1 is 1.00 bits per heavy atom. The van der Waals surface area contributed by atoms with Gasteiger partial charge in [0.2, 0.25) is 0 Å². The van der Waals surface area contributed by atoms with Crippen LogP contribution >= 0.6 is 0 Å². The van der Waals surface area contributed by atoms with Gasteiger partial charge in [0, 0.05) is 10.9 Å². The summed E-state index contributed by atoms with van der Waals surface area (Å²) in [5.41, 5.74) is 3.70. The standard InChI is InChI=1S/C21H20N4O2/c1-12(2)15-7-5-14(6-8-15)11-22-25-20(26)19-18(24-21(25)27)16-10-13(3)4-9-17(16)23-19/h4-12,23H,1-3H3,(H,24,27)/b22-11+. The van der Waals surface area contributed by atoms with Crippen molar-refractivity contribution in [3.05, 3.63) is 80.0 Å². The second-order valence-corrected chi connectivity index (χ2v) is 7.04. The molecule has 27 heavy (non-hydrogen) atoms. The third kappa shape index (κ3) is 2.99. The molecule has 136 valence electrons. The highest BCUT2D eigenvalue weighted by molar-refractivity contribution is 6.04. The second-order valence-electron chi connectivity index (χ2n) is 7.04. The summed E-state index contributed by atoms with van der Waals surface area (Å²) in [4.78, 5) is 31.0. The fourth-order valence-corrected chi connectivity index (χ4v) is 3.15. The van der Waals surface area contributed by atoms with Crippen LogP contribution in [0.15, 0.2) is 57.2 Å². The number of aromatic nitrogens is 3. The first-order chi connectivity index (χ1) is 12.9. The molecule has 2 aromatic heterocycles. The third-order valence-corrected chi connectivity index (χ3v) is 4.71. The minimum Gasteiger partial charge on any atom is -0.349 e. The van der Waals surface area contributed by atoms with E-state index in [1.807, 2.05) is 49.4 Å². The molecule has 4 aromatic rings. The predicted octanol–water partition coefficient (Wildman–Crippen LogP) is 3.49. The Morgan fingerprint density at radius 3 is 2.44 bits per heavy atom. The monoisotopic (exact) mass is 360 g/mol. The molecule has 0 amide bonds. The summed E-state index contributed by atoms with van der Waals surface area (Å²) < 4.78 is 0.848. The van der Waals surface area contributed by atoms with E-state index in [-0.39, 0.29) is 0 Å². The first-order valence-electron chi connectivity index (χ1n) is 8.86. The molecule has 0 aliphatic heterocycles. The summed E-state index contributed by atoms with van der Waals surface area (Å²) in [5, 5.41) is 4.92. The largest absolute Gasteiger partial charge is 0.350 e. The first kappa shape index (κ1) is 17.0. The van der Waals surface area contributed by atoms with E-state index in [9.17, 15) is 9.59 Å². The number of hydrogen-bond donors (Lipinski definition) is 2. The van der Waals surface area contributed by atoms with Gasteiger partial charge in [-0.1, -0.05) is 49.7 Å². The van der Waals surface area contributed by atoms with Crippen molar-refractivity contribution in [2.24, 2.45) is 5.10 Å². The number of aromatic amines is 2. The lowest BCUT2D eigenvalue weighted by Crippen LogP contribution is -2.32. The molecular formula is C21H20N4O2. The highest BCUT2D eigenvalue weighted by Crippen LogP contribution is 2.21. The van der Waals surface area contributed by atoms with Crippen molar-refractivity contribution < 1.29 is 0 Å². The van der Waals surface area contributed by atoms with Crippen molar-refractivity contribution in [3.63, 3.8) is 0 Å². The van der Waals surface area contributed by atoms with Crippen molar-refractivity contribution in [2.45, 2.75) is 26.7 Å². The van der Waals surface area contributed by atoms with Crippen molar-refractivity contribution >= 4 is 28.2 Å². The van der Waals surface area contributed by atoms with Crippen molar-refractivity contribution in [1.82, 2.24) is 14.6 Å². The molecule has 6 heteroatoms. The SMILES string of the molecule is Cc1ccc2[nH]c3c(=O)n(/N=C/c4ccc(C(C)C)cc4)c(=O)[nH]c3c2c1. The summed E-state index contributed by atoms with van der Waals surface area (Å²) in [5.74, 6) is 0.439. The van der Waals surface area contributed by atoms with E-state index in [4.69, 9.17) is 0 Å². The number of rotatable bonds is 3. The molecule has 0 radical (unpaired) electrons. The van der Waals surface area contributed by atoms with Crippen LogP contribution in [0.5, 0.6) is 0 Å². The lowest BCUT2D eigenvalue weighted by atomic mass is 10.0. The van der Waals surface area contributed by atoms with Crippen LogP contribution < -0.4 is 11.2 Å². The second kappa shape index (κ2) is 6.39. The molecule has 6 nitrogen and oxygen atoms in total. The smallest absolute Gasteiger partial charge is 0.349 e. The van der Waals surface area contributed by atoms with Crippen LogP contribution in [0.2, 0.25) is 0 Å². The van der Waals surface area contributed by atoms with E-state index >= 15 is 0 Å². The van der Waals surface area contributed by atoms with E-state index in [0.29, 0.717) is 17.0 Å². The van der Waals surface area contributed by atoms with Gasteiger partial charge in [-0.3, -0.25) is 4.79 Å². The van der Waals surface area contributed by atoms with Gasteiger partial charge in [-0.05, 0) is 36.1 Å². The summed E-state index contributed by atoms with van der Waals surface area (Å²) in [7, 11) is 0. The molecule has 0 fully saturated rings. The zero-order valence-electron chi connectivity index (χ0n) is 15.4. The van der Waals surface area contributed by atoms with Crippen LogP contribution in [-0.2, 0) is 0 Å². The van der Waals surface area contributed by atoms with E-state index in [1.165, 1.54) is 11.8 Å². The van der Waals surface area contributed by atoms with Gasteiger partial charge in [-0.25, -0.2) is 4.79 Å². The zero-order valence-corrected chi connectivity index (χ0v) is 15.4. The molecule has 2 heterocycles. The number of H-pyrrole nitrogens is 2. The Kier molecular flexibility index (Phi) is 4.03. The number of benzene rings is 2. The zero-order chi connectivity index (χ0) is 19.1. The summed E-state index contributed by atoms with van der Waals surface area (Å²) in [6.07, 6.45) is 1.51. The Balaban J connectivity index is 1.81. The Labute approximate surface area is 155 Å². The third-order valence-electron chi connectivity index (χ3n) is 4.71. The summed E-state index contributed by atoms with van der Waals surface area (Å²) >= 11 is 0. The Morgan fingerprint density at radius 2 is 1.74 bits per heavy atom. The molecule has 2 aromatic carbocycles. The van der Waals surface area contributed by atoms with Crippen molar-refractivity contribution in [3.8, 4) is 0 Å². The first-order valence-corrected chi connectivity index (χ1v) is 8.86. The Hall–Kier alpha value is -3.41. The topological polar surface area (TPSA) is 83.0 Å². The quantitative estimate of drug-likeness (QED) is 0.548. The van der Waals surface area contributed by atoms with Crippen LogP contribution in [0.3, 0.4) is 0 Å². The van der Waals surface area contributed by atoms with Gasteiger partial charge in [0.15, 0.2) is 0 Å². The Bertz CT molecular complexity index is 1290. The van der Waals surface area contributed by atoms with Gasteiger partial charge >= 0.3 is 11.2 Å². The number of fused-ring (bicyclic) bond motifs is 3. The molecule has 2 N–H and O–H groups in total. The summed E-state index contributed by atoms with van der Waals surface area (Å²) in [6.45, 7) is 6.21. The fraction of sp³-hybridized carbons (Fsp3) is 0.190. The van der Waals surface area contributed by atoms with Gasteiger partial charge < -0.3 is 9.97 Å². The van der Waals surface area contributed by atoms with E-state index in [1.54, 1.807) is 0 Å². The highest BCUT2D eigenvalue weighted by Gasteiger charge is 2.12. The molecule has 0 saturated carbocycles. The fourth-order valence-electron chi connectivity index (χ4n) is 3.15. The number of hydrogen-bond acceptors (Lipinski definition) is 3. The maximum Gasteiger partial charge on any atom is 0.350 e. The molecule has 0 unspecified atom stereocenters. The molecule has 4 rings (SSSR count). The predicted molar refractivity (Wildman–Crippen MR) is 109 cm³/mol. The van der Waals surface area contributed by atoms with Gasteiger partial charge in [-0.2, -0.15) is 5.10 Å². The van der Waals surface area contributed by atoms with Gasteiger partial charge in [0.1, 0.15) is 5.52 Å². The van der Waals surface area contributed by atoms with Crippen molar-refractivity contribution in [1.29, 1.82) is 0 Å². The van der Waals surface area contributed by atoms with E-state index in [0.717, 1.165) is 26.7 Å². The van der Waals surface area contributed by atoms with E-state index in [2.05, 4.69) is 28.9 Å². The number of nitrogens with zero attached hydrogens (tertiary/aromatic N) is 2. The number of nitrogens with one attached hydrogen (secondary N) is 2. The maximum absolute atomic E-state index is 12.8. The van der Waals surface area contributed by atoms with Crippen LogP contribution in [0, 0.1) is 6.92 Å². The average molecular weight is 360 g/mol. The lowest BCUT2D eigenvalue weighted by Gasteiger charge is -2.04. The molecule has 0 spiro atoms. The normalized spacial score (nSPS) is 12.0. The molecule has 0 atom stereocenters. The minimum atomic E-state index is -0.565. The average Bonchev–Trinajstić information content (AvgIpc) is 3.00. The summed E-state index contributed by atoms with van der Waals surface area (Å²) in [6, 6.07) is 13.7. The van der Waals surface area contributed by atoms with Crippen LogP contribution in [0.25, 0.3) is 21.9 Å². The van der Waals surface area contributed by atoms with Crippen LogP contribution in [0.4, 0.5) is 0 Å². The van der Waals surface area contributed by atoms with Gasteiger partial charge in [-0.15, -0.1) is 4.68 Å². The van der Waals surface area contributed by atoms with Crippen molar-refractivity contribution in [2.75, 3.05) is 0 Å². The number of aryl methyl sites for hydroxylation is 1. The molecule has 0 aliphatic carbocycles. The lowest BCUT2D eigenvalue weighted by molar-refractivity contribution is 0.770. The minimum absolute atomic E-state index is 0.336. The molecule has 0 bridgehead atoms. The van der Waals surface area contributed by atoms with Gasteiger partial charge in [0.05, 0.1) is 11.7 Å². The van der Waals surface area contributed by atoms with Gasteiger partial charge in [0.25, 0.3) is 0 Å². The molecule has 0 saturated heterocycles. The van der Waals surface area contributed by atoms with Crippen LogP contribution in [0.1, 0.15) is 36.5 Å². The van der Waals surface area contributed by atoms with E-state index < -0.39 is 11.2 Å². The van der Waals surface area contributed by atoms with Crippen LogP contribution in [-0.4, -0.2) is 20.9 Å². The highest BCUT2D eigenvalue weighted by atomic mass is 16.2. The molecule has 0 aliphatic rings. The maximum atomic E-state index is 12.8.